The Morgan fingerprint density at radius 2 is 1.92 bits per heavy atom. The first kappa shape index (κ1) is 19.2. The Morgan fingerprint density at radius 1 is 1.19 bits per heavy atom. The van der Waals surface area contributed by atoms with Crippen LogP contribution in [0.4, 0.5) is 10.5 Å². The molecule has 0 aliphatic heterocycles. The molecule has 8 heteroatoms. The van der Waals surface area contributed by atoms with Crippen LogP contribution in [0, 0.1) is 20.8 Å². The summed E-state index contributed by atoms with van der Waals surface area (Å²) in [4.78, 5) is 39.3. The summed E-state index contributed by atoms with van der Waals surface area (Å²) in [6.07, 6.45) is 0. The number of urea groups is 1. The Morgan fingerprint density at radius 3 is 2.54 bits per heavy atom. The zero-order valence-electron chi connectivity index (χ0n) is 15.3. The predicted octanol–water partition coefficient (Wildman–Crippen LogP) is 1.78. The third kappa shape index (κ3) is 4.69. The Bertz CT molecular complexity index is 889. The van der Waals surface area contributed by atoms with Crippen LogP contribution in [0.25, 0.3) is 0 Å². The molecule has 138 valence electrons. The number of rotatable bonds is 5. The van der Waals surface area contributed by atoms with E-state index in [-0.39, 0.29) is 12.2 Å². The highest BCUT2D eigenvalue weighted by Crippen LogP contribution is 2.17. The van der Waals surface area contributed by atoms with E-state index in [0.29, 0.717) is 23.5 Å². The number of carbonyl (C=O) groups excluding carboxylic acids is 2. The summed E-state index contributed by atoms with van der Waals surface area (Å²) in [6, 6.07) is 6.27. The van der Waals surface area contributed by atoms with Crippen LogP contribution < -0.4 is 16.3 Å². The molecule has 2 rings (SSSR count). The number of esters is 1. The van der Waals surface area contributed by atoms with E-state index >= 15 is 0 Å². The van der Waals surface area contributed by atoms with Crippen LogP contribution in [-0.4, -0.2) is 35.2 Å². The SMILES string of the molecule is COC(=O)c1ccc(NC(=O)NCCn2c(C)cc(C)nc2=O)c(C)c1. The van der Waals surface area contributed by atoms with Crippen LogP contribution >= 0.6 is 0 Å². The lowest BCUT2D eigenvalue weighted by atomic mass is 10.1. The van der Waals surface area contributed by atoms with Gasteiger partial charge in [-0.2, -0.15) is 4.98 Å². The van der Waals surface area contributed by atoms with Crippen molar-refractivity contribution >= 4 is 17.7 Å². The Balaban J connectivity index is 1.94. The van der Waals surface area contributed by atoms with Crippen molar-refractivity contribution < 1.29 is 14.3 Å². The summed E-state index contributed by atoms with van der Waals surface area (Å²) >= 11 is 0. The molecule has 0 bridgehead atoms. The topological polar surface area (TPSA) is 102 Å². The summed E-state index contributed by atoms with van der Waals surface area (Å²) in [7, 11) is 1.31. The smallest absolute Gasteiger partial charge is 0.348 e. The first-order valence-corrected chi connectivity index (χ1v) is 8.10. The maximum Gasteiger partial charge on any atom is 0.348 e. The third-order valence-corrected chi connectivity index (χ3v) is 3.86. The zero-order chi connectivity index (χ0) is 19.3. The lowest BCUT2D eigenvalue weighted by molar-refractivity contribution is 0.0600. The number of benzene rings is 1. The number of amides is 2. The number of anilines is 1. The quantitative estimate of drug-likeness (QED) is 0.793. The molecule has 0 radical (unpaired) electrons. The van der Waals surface area contributed by atoms with Crippen molar-refractivity contribution in [1.29, 1.82) is 0 Å². The number of methoxy groups -OCH3 is 1. The molecule has 0 fully saturated rings. The number of nitrogens with one attached hydrogen (secondary N) is 2. The molecule has 0 spiro atoms. The van der Waals surface area contributed by atoms with Gasteiger partial charge in [-0.15, -0.1) is 0 Å². The fourth-order valence-corrected chi connectivity index (χ4v) is 2.54. The number of nitrogens with zero attached hydrogens (tertiary/aromatic N) is 2. The van der Waals surface area contributed by atoms with Crippen LogP contribution in [0.2, 0.25) is 0 Å². The molecule has 0 atom stereocenters. The minimum absolute atomic E-state index is 0.274. The molecule has 1 aromatic carbocycles. The van der Waals surface area contributed by atoms with Crippen molar-refractivity contribution in [3.63, 3.8) is 0 Å². The van der Waals surface area contributed by atoms with Crippen molar-refractivity contribution in [2.75, 3.05) is 19.0 Å². The molecule has 0 unspecified atom stereocenters. The molecule has 26 heavy (non-hydrogen) atoms. The number of hydrogen-bond donors (Lipinski definition) is 2. The molecule has 2 aromatic rings. The Hall–Kier alpha value is -3.16. The van der Waals surface area contributed by atoms with Gasteiger partial charge in [0.05, 0.1) is 12.7 Å². The van der Waals surface area contributed by atoms with Crippen LogP contribution in [0.3, 0.4) is 0 Å². The first-order valence-electron chi connectivity index (χ1n) is 8.10. The van der Waals surface area contributed by atoms with E-state index in [4.69, 9.17) is 0 Å². The average molecular weight is 358 g/mol. The molecule has 0 aliphatic carbocycles. The summed E-state index contributed by atoms with van der Waals surface area (Å²) < 4.78 is 6.17. The molecule has 0 saturated heterocycles. The van der Waals surface area contributed by atoms with Crippen molar-refractivity contribution in [3.8, 4) is 0 Å². The van der Waals surface area contributed by atoms with Gasteiger partial charge in [0, 0.05) is 30.2 Å². The van der Waals surface area contributed by atoms with E-state index in [1.54, 1.807) is 32.0 Å². The van der Waals surface area contributed by atoms with Gasteiger partial charge < -0.3 is 15.4 Å². The second kappa shape index (κ2) is 8.28. The lowest BCUT2D eigenvalue weighted by Gasteiger charge is -2.12. The van der Waals surface area contributed by atoms with Crippen molar-refractivity contribution in [2.24, 2.45) is 0 Å². The number of aromatic nitrogens is 2. The minimum Gasteiger partial charge on any atom is -0.465 e. The highest BCUT2D eigenvalue weighted by atomic mass is 16.5. The maximum atomic E-state index is 12.0. The molecular weight excluding hydrogens is 336 g/mol. The zero-order valence-corrected chi connectivity index (χ0v) is 15.3. The van der Waals surface area contributed by atoms with Gasteiger partial charge >= 0.3 is 17.7 Å². The molecule has 2 amide bonds. The molecule has 1 aromatic heterocycles. The fourth-order valence-electron chi connectivity index (χ4n) is 2.54. The standard InChI is InChI=1S/C18H22N4O4/c1-11-9-14(16(23)26-4)5-6-15(11)21-17(24)19-7-8-22-13(3)10-12(2)20-18(22)25/h5-6,9-10H,7-8H2,1-4H3,(H2,19,21,24). The number of hydrogen-bond acceptors (Lipinski definition) is 5. The van der Waals surface area contributed by atoms with E-state index in [2.05, 4.69) is 20.4 Å². The molecule has 0 saturated carbocycles. The third-order valence-electron chi connectivity index (χ3n) is 3.86. The molecule has 1 heterocycles. The van der Waals surface area contributed by atoms with Gasteiger partial charge in [0.1, 0.15) is 0 Å². The normalized spacial score (nSPS) is 10.3. The monoisotopic (exact) mass is 358 g/mol. The molecule has 2 N–H and O–H groups in total. The average Bonchev–Trinajstić information content (AvgIpc) is 2.58. The number of carbonyl (C=O) groups is 2. The van der Waals surface area contributed by atoms with Gasteiger partial charge in [-0.25, -0.2) is 14.4 Å². The van der Waals surface area contributed by atoms with Gasteiger partial charge in [-0.1, -0.05) is 0 Å². The number of aryl methyl sites for hydroxylation is 3. The van der Waals surface area contributed by atoms with Gasteiger partial charge in [-0.05, 0) is 50.6 Å². The summed E-state index contributed by atoms with van der Waals surface area (Å²) in [5, 5.41) is 5.41. The number of ether oxygens (including phenoxy) is 1. The largest absolute Gasteiger partial charge is 0.465 e. The van der Waals surface area contributed by atoms with Crippen molar-refractivity contribution in [1.82, 2.24) is 14.9 Å². The maximum absolute atomic E-state index is 12.0. The second-order valence-electron chi connectivity index (χ2n) is 5.88. The van der Waals surface area contributed by atoms with E-state index in [1.807, 2.05) is 13.0 Å². The molecule has 0 aliphatic rings. The van der Waals surface area contributed by atoms with E-state index < -0.39 is 12.0 Å². The van der Waals surface area contributed by atoms with Crippen LogP contribution in [0.5, 0.6) is 0 Å². The second-order valence-corrected chi connectivity index (χ2v) is 5.88. The molecule has 8 nitrogen and oxygen atoms in total. The van der Waals surface area contributed by atoms with Gasteiger partial charge in [-0.3, -0.25) is 4.57 Å². The van der Waals surface area contributed by atoms with Gasteiger partial charge in [0.15, 0.2) is 0 Å². The van der Waals surface area contributed by atoms with Crippen molar-refractivity contribution in [3.05, 3.63) is 57.3 Å². The first-order chi connectivity index (χ1) is 12.3. The highest BCUT2D eigenvalue weighted by Gasteiger charge is 2.10. The predicted molar refractivity (Wildman–Crippen MR) is 97.5 cm³/mol. The van der Waals surface area contributed by atoms with Gasteiger partial charge in [0.2, 0.25) is 0 Å². The van der Waals surface area contributed by atoms with Gasteiger partial charge in [0.25, 0.3) is 0 Å². The van der Waals surface area contributed by atoms with Crippen molar-refractivity contribution in [2.45, 2.75) is 27.3 Å². The fraction of sp³-hybridized carbons (Fsp3) is 0.333. The molecular formula is C18H22N4O4. The van der Waals surface area contributed by atoms with Crippen LogP contribution in [0.1, 0.15) is 27.3 Å². The summed E-state index contributed by atoms with van der Waals surface area (Å²) in [6.45, 7) is 5.96. The summed E-state index contributed by atoms with van der Waals surface area (Å²) in [5.74, 6) is -0.434. The van der Waals surface area contributed by atoms with E-state index in [1.165, 1.54) is 11.7 Å². The van der Waals surface area contributed by atoms with E-state index in [0.717, 1.165) is 11.3 Å². The van der Waals surface area contributed by atoms with Crippen LogP contribution in [-0.2, 0) is 11.3 Å². The Labute approximate surface area is 151 Å². The van der Waals surface area contributed by atoms with Crippen LogP contribution in [0.15, 0.2) is 29.1 Å². The minimum atomic E-state index is -0.434. The highest BCUT2D eigenvalue weighted by molar-refractivity contribution is 5.93. The van der Waals surface area contributed by atoms with E-state index in [9.17, 15) is 14.4 Å². The lowest BCUT2D eigenvalue weighted by Crippen LogP contribution is -2.35. The summed E-state index contributed by atoms with van der Waals surface area (Å²) in [5.41, 5.74) is 2.86. The Kier molecular flexibility index (Phi) is 6.11.